The van der Waals surface area contributed by atoms with Crippen LogP contribution in [0, 0.1) is 12.7 Å². The number of hydrogen-bond acceptors (Lipinski definition) is 4. The first-order valence-electron chi connectivity index (χ1n) is 9.12. The Labute approximate surface area is 167 Å². The van der Waals surface area contributed by atoms with Gasteiger partial charge in [-0.3, -0.25) is 4.79 Å². The summed E-state index contributed by atoms with van der Waals surface area (Å²) in [5, 5.41) is 11.1. The molecule has 1 amide bonds. The van der Waals surface area contributed by atoms with Crippen molar-refractivity contribution in [3.8, 4) is 11.5 Å². The standard InChI is InChI=1S/C23H18FN3O2/c1-15-7-9-17(10-8-15)21(28)25-20(16-11-13-19(24)14-12-16)23-27-26-22(29-23)18-5-3-2-4-6-18/h2-14,20H,1H3,(H,25,28)/t20-/m0/s1. The number of nitrogens with one attached hydrogen (secondary N) is 1. The van der Waals surface area contributed by atoms with E-state index in [1.807, 2.05) is 49.4 Å². The quantitative estimate of drug-likeness (QED) is 0.539. The van der Waals surface area contributed by atoms with Crippen LogP contribution in [0.4, 0.5) is 4.39 Å². The highest BCUT2D eigenvalue weighted by atomic mass is 19.1. The molecule has 0 aliphatic rings. The van der Waals surface area contributed by atoms with Gasteiger partial charge in [-0.05, 0) is 48.9 Å². The lowest BCUT2D eigenvalue weighted by Gasteiger charge is -2.16. The number of rotatable bonds is 5. The van der Waals surface area contributed by atoms with Crippen LogP contribution in [-0.2, 0) is 0 Å². The van der Waals surface area contributed by atoms with Crippen LogP contribution in [0.1, 0.15) is 33.4 Å². The van der Waals surface area contributed by atoms with Gasteiger partial charge in [-0.25, -0.2) is 4.39 Å². The molecule has 3 aromatic carbocycles. The van der Waals surface area contributed by atoms with Crippen LogP contribution in [0.2, 0.25) is 0 Å². The fourth-order valence-corrected chi connectivity index (χ4v) is 2.91. The summed E-state index contributed by atoms with van der Waals surface area (Å²) in [6.07, 6.45) is 0. The van der Waals surface area contributed by atoms with Crippen molar-refractivity contribution in [3.63, 3.8) is 0 Å². The van der Waals surface area contributed by atoms with Crippen molar-refractivity contribution in [2.45, 2.75) is 13.0 Å². The SMILES string of the molecule is Cc1ccc(C(=O)N[C@@H](c2ccc(F)cc2)c2nnc(-c3ccccc3)o2)cc1. The summed E-state index contributed by atoms with van der Waals surface area (Å²) in [5.41, 5.74) is 2.97. The Morgan fingerprint density at radius 2 is 1.62 bits per heavy atom. The Hall–Kier alpha value is -3.80. The second-order valence-corrected chi connectivity index (χ2v) is 6.64. The Balaban J connectivity index is 1.67. The molecule has 1 aromatic heterocycles. The fourth-order valence-electron chi connectivity index (χ4n) is 2.91. The van der Waals surface area contributed by atoms with Crippen molar-refractivity contribution in [3.05, 3.63) is 107 Å². The van der Waals surface area contributed by atoms with Crippen molar-refractivity contribution in [2.24, 2.45) is 0 Å². The highest BCUT2D eigenvalue weighted by Crippen LogP contribution is 2.25. The molecule has 4 rings (SSSR count). The van der Waals surface area contributed by atoms with Crippen molar-refractivity contribution in [1.82, 2.24) is 15.5 Å². The molecule has 0 fully saturated rings. The van der Waals surface area contributed by atoms with Gasteiger partial charge in [0.05, 0.1) is 0 Å². The first kappa shape index (κ1) is 18.6. The topological polar surface area (TPSA) is 68.0 Å². The molecule has 0 aliphatic heterocycles. The average Bonchev–Trinajstić information content (AvgIpc) is 3.24. The molecule has 0 saturated carbocycles. The maximum atomic E-state index is 13.4. The minimum atomic E-state index is -0.714. The van der Waals surface area contributed by atoms with Gasteiger partial charge in [0.2, 0.25) is 11.8 Å². The van der Waals surface area contributed by atoms with Crippen LogP contribution in [0.3, 0.4) is 0 Å². The van der Waals surface area contributed by atoms with Gasteiger partial charge in [-0.1, -0.05) is 48.0 Å². The molecule has 0 aliphatic carbocycles. The number of benzene rings is 3. The van der Waals surface area contributed by atoms with Gasteiger partial charge < -0.3 is 9.73 Å². The monoisotopic (exact) mass is 387 g/mol. The molecule has 0 bridgehead atoms. The maximum absolute atomic E-state index is 13.4. The molecule has 5 nitrogen and oxygen atoms in total. The van der Waals surface area contributed by atoms with Crippen LogP contribution in [-0.4, -0.2) is 16.1 Å². The highest BCUT2D eigenvalue weighted by Gasteiger charge is 2.24. The summed E-state index contributed by atoms with van der Waals surface area (Å²) >= 11 is 0. The second kappa shape index (κ2) is 8.06. The molecule has 1 heterocycles. The third-order valence-corrected chi connectivity index (χ3v) is 4.50. The fraction of sp³-hybridized carbons (Fsp3) is 0.0870. The van der Waals surface area contributed by atoms with Gasteiger partial charge in [0.15, 0.2) is 0 Å². The Morgan fingerprint density at radius 3 is 2.31 bits per heavy atom. The predicted molar refractivity (Wildman–Crippen MR) is 107 cm³/mol. The van der Waals surface area contributed by atoms with Crippen molar-refractivity contribution in [1.29, 1.82) is 0 Å². The zero-order chi connectivity index (χ0) is 20.2. The molecule has 0 radical (unpaired) electrons. The van der Waals surface area contributed by atoms with Gasteiger partial charge in [-0.15, -0.1) is 10.2 Å². The second-order valence-electron chi connectivity index (χ2n) is 6.64. The number of aromatic nitrogens is 2. The zero-order valence-electron chi connectivity index (χ0n) is 15.7. The van der Waals surface area contributed by atoms with Crippen LogP contribution < -0.4 is 5.32 Å². The number of carbonyl (C=O) groups excluding carboxylic acids is 1. The average molecular weight is 387 g/mol. The molecule has 144 valence electrons. The van der Waals surface area contributed by atoms with E-state index < -0.39 is 6.04 Å². The van der Waals surface area contributed by atoms with E-state index in [0.29, 0.717) is 17.0 Å². The van der Waals surface area contributed by atoms with Crippen LogP contribution in [0.15, 0.2) is 83.3 Å². The van der Waals surface area contributed by atoms with Gasteiger partial charge in [0.25, 0.3) is 5.91 Å². The Bertz CT molecular complexity index is 1110. The first-order chi connectivity index (χ1) is 14.1. The smallest absolute Gasteiger partial charge is 0.252 e. The van der Waals surface area contributed by atoms with E-state index in [2.05, 4.69) is 15.5 Å². The molecule has 6 heteroatoms. The molecule has 1 N–H and O–H groups in total. The van der Waals surface area contributed by atoms with E-state index in [1.54, 1.807) is 24.3 Å². The third-order valence-electron chi connectivity index (χ3n) is 4.50. The lowest BCUT2D eigenvalue weighted by molar-refractivity contribution is 0.0938. The Kier molecular flexibility index (Phi) is 5.16. The van der Waals surface area contributed by atoms with E-state index in [0.717, 1.165) is 11.1 Å². The lowest BCUT2D eigenvalue weighted by atomic mass is 10.1. The van der Waals surface area contributed by atoms with E-state index in [4.69, 9.17) is 4.42 Å². The number of carbonyl (C=O) groups is 1. The summed E-state index contributed by atoms with van der Waals surface area (Å²) in [5.74, 6) is -0.0973. The lowest BCUT2D eigenvalue weighted by Crippen LogP contribution is -2.29. The van der Waals surface area contributed by atoms with E-state index >= 15 is 0 Å². The van der Waals surface area contributed by atoms with Gasteiger partial charge in [0.1, 0.15) is 11.9 Å². The van der Waals surface area contributed by atoms with E-state index in [-0.39, 0.29) is 17.6 Å². The van der Waals surface area contributed by atoms with Crippen molar-refractivity contribution in [2.75, 3.05) is 0 Å². The number of amides is 1. The summed E-state index contributed by atoms with van der Waals surface area (Å²) in [4.78, 5) is 12.8. The largest absolute Gasteiger partial charge is 0.418 e. The van der Waals surface area contributed by atoms with Crippen molar-refractivity contribution < 1.29 is 13.6 Å². The molecule has 0 unspecified atom stereocenters. The molecule has 0 saturated heterocycles. The molecular formula is C23H18FN3O2. The molecule has 0 spiro atoms. The van der Waals surface area contributed by atoms with Crippen LogP contribution >= 0.6 is 0 Å². The third kappa shape index (κ3) is 4.21. The zero-order valence-corrected chi connectivity index (χ0v) is 15.7. The first-order valence-corrected chi connectivity index (χ1v) is 9.12. The van der Waals surface area contributed by atoms with Gasteiger partial charge in [0, 0.05) is 11.1 Å². The highest BCUT2D eigenvalue weighted by molar-refractivity contribution is 5.94. The number of aryl methyl sites for hydroxylation is 1. The molecule has 1 atom stereocenters. The summed E-state index contributed by atoms with van der Waals surface area (Å²) < 4.78 is 19.2. The minimum Gasteiger partial charge on any atom is -0.418 e. The van der Waals surface area contributed by atoms with Gasteiger partial charge in [-0.2, -0.15) is 0 Å². The molecular weight excluding hydrogens is 369 g/mol. The summed E-state index contributed by atoms with van der Waals surface area (Å²) in [6.45, 7) is 1.95. The number of nitrogens with zero attached hydrogens (tertiary/aromatic N) is 2. The summed E-state index contributed by atoms with van der Waals surface area (Å²) in [6, 6.07) is 21.7. The van der Waals surface area contributed by atoms with E-state index in [1.165, 1.54) is 12.1 Å². The van der Waals surface area contributed by atoms with Crippen LogP contribution in [0.25, 0.3) is 11.5 Å². The normalized spacial score (nSPS) is 11.8. The Morgan fingerprint density at radius 1 is 0.931 bits per heavy atom. The summed E-state index contributed by atoms with van der Waals surface area (Å²) in [7, 11) is 0. The molecule has 29 heavy (non-hydrogen) atoms. The van der Waals surface area contributed by atoms with Crippen LogP contribution in [0.5, 0.6) is 0 Å². The van der Waals surface area contributed by atoms with Crippen molar-refractivity contribution >= 4 is 5.91 Å². The number of hydrogen-bond donors (Lipinski definition) is 1. The molecule has 4 aromatic rings. The minimum absolute atomic E-state index is 0.218. The maximum Gasteiger partial charge on any atom is 0.252 e. The van der Waals surface area contributed by atoms with Gasteiger partial charge >= 0.3 is 0 Å². The predicted octanol–water partition coefficient (Wildman–Crippen LogP) is 4.70. The number of halogens is 1. The van der Waals surface area contributed by atoms with E-state index in [9.17, 15) is 9.18 Å².